The molecule has 1 aromatic carbocycles. The van der Waals surface area contributed by atoms with Crippen LogP contribution in [-0.2, 0) is 0 Å². The maximum Gasteiger partial charge on any atom is 0.288 e. The van der Waals surface area contributed by atoms with E-state index < -0.39 is 0 Å². The molecule has 2 aromatic heterocycles. The molecule has 0 aliphatic rings. The van der Waals surface area contributed by atoms with Crippen molar-refractivity contribution < 1.29 is 4.57 Å². The van der Waals surface area contributed by atoms with Gasteiger partial charge in [0.25, 0.3) is 5.56 Å². The lowest BCUT2D eigenvalue weighted by molar-refractivity contribution is -0.597. The molecule has 0 radical (unpaired) electrons. The molecular weight excluding hydrogens is 238 g/mol. The molecule has 0 atom stereocenters. The number of hydrogen-bond acceptors (Lipinski definition) is 2. The van der Waals surface area contributed by atoms with E-state index in [0.29, 0.717) is 11.4 Å². The van der Waals surface area contributed by atoms with Crippen molar-refractivity contribution >= 4 is 0 Å². The van der Waals surface area contributed by atoms with Crippen molar-refractivity contribution in [1.29, 1.82) is 0 Å². The second-order valence-corrected chi connectivity index (χ2v) is 4.27. The van der Waals surface area contributed by atoms with E-state index in [0.717, 1.165) is 5.69 Å². The predicted octanol–water partition coefficient (Wildman–Crippen LogP) is 1.54. The highest BCUT2D eigenvalue weighted by Gasteiger charge is 2.15. The van der Waals surface area contributed by atoms with E-state index in [4.69, 9.17) is 0 Å². The van der Waals surface area contributed by atoms with Crippen LogP contribution in [0.5, 0.6) is 0 Å². The van der Waals surface area contributed by atoms with Crippen molar-refractivity contribution in [3.63, 3.8) is 0 Å². The van der Waals surface area contributed by atoms with Crippen LogP contribution in [0.4, 0.5) is 0 Å². The van der Waals surface area contributed by atoms with Crippen molar-refractivity contribution in [3.05, 3.63) is 77.0 Å². The molecule has 0 fully saturated rings. The third-order valence-corrected chi connectivity index (χ3v) is 2.96. The summed E-state index contributed by atoms with van der Waals surface area (Å²) in [7, 11) is 0. The summed E-state index contributed by atoms with van der Waals surface area (Å²) in [5.74, 6) is 0. The van der Waals surface area contributed by atoms with Crippen LogP contribution >= 0.6 is 0 Å². The Kier molecular flexibility index (Phi) is 2.76. The van der Waals surface area contributed by atoms with Crippen molar-refractivity contribution in [2.24, 2.45) is 0 Å². The van der Waals surface area contributed by atoms with Crippen LogP contribution in [0, 0.1) is 6.92 Å². The lowest BCUT2D eigenvalue weighted by Crippen LogP contribution is -2.36. The molecule has 4 nitrogen and oxygen atoms in total. The van der Waals surface area contributed by atoms with E-state index in [-0.39, 0.29) is 5.56 Å². The fraction of sp³-hybridized carbons (Fsp3) is 0.0667. The minimum absolute atomic E-state index is 0.111. The Morgan fingerprint density at radius 2 is 1.68 bits per heavy atom. The molecule has 94 valence electrons. The van der Waals surface area contributed by atoms with Gasteiger partial charge in [0.2, 0.25) is 0 Å². The zero-order valence-corrected chi connectivity index (χ0v) is 10.5. The first kappa shape index (κ1) is 11.5. The molecule has 0 N–H and O–H groups in total. The second-order valence-electron chi connectivity index (χ2n) is 4.27. The van der Waals surface area contributed by atoms with Gasteiger partial charge in [-0.3, -0.25) is 4.79 Å². The molecule has 19 heavy (non-hydrogen) atoms. The Bertz CT molecular complexity index is 742. The van der Waals surface area contributed by atoms with Gasteiger partial charge in [0.15, 0.2) is 5.69 Å². The van der Waals surface area contributed by atoms with Gasteiger partial charge in [-0.05, 0) is 19.1 Å². The minimum Gasteiger partial charge on any atom is -0.321 e. The summed E-state index contributed by atoms with van der Waals surface area (Å²) in [6, 6.07) is 15.1. The van der Waals surface area contributed by atoms with E-state index in [1.807, 2.05) is 67.8 Å². The number of hydrogen-bond donors (Lipinski definition) is 0. The third kappa shape index (κ3) is 1.97. The van der Waals surface area contributed by atoms with Crippen molar-refractivity contribution in [2.45, 2.75) is 6.92 Å². The summed E-state index contributed by atoms with van der Waals surface area (Å²) >= 11 is 0. The Morgan fingerprint density at radius 3 is 2.37 bits per heavy atom. The topological polar surface area (TPSA) is 38.8 Å². The Labute approximate surface area is 110 Å². The smallest absolute Gasteiger partial charge is 0.288 e. The SMILES string of the molecule is Cc1nn(-c2ccccc2)c(=O)[c-]1-[n+]1ccccc1. The fourth-order valence-electron chi connectivity index (χ4n) is 2.09. The van der Waals surface area contributed by atoms with Crippen LogP contribution in [-0.4, -0.2) is 9.78 Å². The zero-order chi connectivity index (χ0) is 13.2. The van der Waals surface area contributed by atoms with E-state index in [1.165, 1.54) is 4.68 Å². The number of para-hydroxylation sites is 1. The maximum atomic E-state index is 12.5. The first-order valence-corrected chi connectivity index (χ1v) is 6.06. The van der Waals surface area contributed by atoms with Gasteiger partial charge in [-0.2, -0.15) is 5.10 Å². The highest BCUT2D eigenvalue weighted by molar-refractivity contribution is 5.34. The van der Waals surface area contributed by atoms with Crippen LogP contribution < -0.4 is 10.1 Å². The van der Waals surface area contributed by atoms with E-state index in [2.05, 4.69) is 5.10 Å². The lowest BCUT2D eigenvalue weighted by Gasteiger charge is -2.00. The highest BCUT2D eigenvalue weighted by atomic mass is 16.1. The summed E-state index contributed by atoms with van der Waals surface area (Å²) < 4.78 is 3.23. The third-order valence-electron chi connectivity index (χ3n) is 2.96. The molecule has 0 spiro atoms. The predicted molar refractivity (Wildman–Crippen MR) is 71.7 cm³/mol. The molecule has 0 amide bonds. The summed E-state index contributed by atoms with van der Waals surface area (Å²) in [4.78, 5) is 12.5. The van der Waals surface area contributed by atoms with Crippen molar-refractivity contribution in [2.75, 3.05) is 0 Å². The van der Waals surface area contributed by atoms with Gasteiger partial charge in [-0.25, -0.2) is 4.68 Å². The standard InChI is InChI=1S/C15H13N3O/c1-12-14(17-10-6-3-7-11-17)15(19)18(16-12)13-8-4-2-5-9-13/h2-11H,1H3. The monoisotopic (exact) mass is 251 g/mol. The van der Waals surface area contributed by atoms with Gasteiger partial charge in [-0.15, -0.1) is 0 Å². The Morgan fingerprint density at radius 1 is 1.05 bits per heavy atom. The number of aryl methyl sites for hydroxylation is 1. The number of rotatable bonds is 2. The normalized spacial score (nSPS) is 10.6. The molecule has 3 aromatic rings. The second kappa shape index (κ2) is 4.57. The molecule has 0 aliphatic heterocycles. The molecule has 0 saturated heterocycles. The molecule has 0 aliphatic carbocycles. The highest BCUT2D eigenvalue weighted by Crippen LogP contribution is 2.06. The molecule has 0 unspecified atom stereocenters. The molecule has 3 rings (SSSR count). The molecule has 0 bridgehead atoms. The van der Waals surface area contributed by atoms with Gasteiger partial charge in [0.1, 0.15) is 0 Å². The van der Waals surface area contributed by atoms with Crippen LogP contribution in [0.25, 0.3) is 11.4 Å². The summed E-state index contributed by atoms with van der Waals surface area (Å²) in [6.45, 7) is 1.84. The average molecular weight is 251 g/mol. The van der Waals surface area contributed by atoms with Gasteiger partial charge in [0.05, 0.1) is 23.8 Å². The largest absolute Gasteiger partial charge is 0.321 e. The molecule has 0 saturated carbocycles. The summed E-state index contributed by atoms with van der Waals surface area (Å²) in [6.07, 6.45) is 3.70. The van der Waals surface area contributed by atoms with Gasteiger partial charge >= 0.3 is 0 Å². The van der Waals surface area contributed by atoms with E-state index in [9.17, 15) is 4.79 Å². The Balaban J connectivity index is 2.20. The first-order chi connectivity index (χ1) is 9.27. The molecule has 4 heteroatoms. The Hall–Kier alpha value is -2.62. The quantitative estimate of drug-likeness (QED) is 0.512. The maximum absolute atomic E-state index is 12.5. The van der Waals surface area contributed by atoms with Gasteiger partial charge < -0.3 is 4.57 Å². The van der Waals surface area contributed by atoms with Gasteiger partial charge in [-0.1, -0.05) is 36.4 Å². The fourth-order valence-corrected chi connectivity index (χ4v) is 2.09. The van der Waals surface area contributed by atoms with E-state index in [1.54, 1.807) is 4.57 Å². The summed E-state index contributed by atoms with van der Waals surface area (Å²) in [5.41, 5.74) is 1.97. The van der Waals surface area contributed by atoms with Crippen molar-refractivity contribution in [3.8, 4) is 11.4 Å². The lowest BCUT2D eigenvalue weighted by atomic mass is 10.3. The van der Waals surface area contributed by atoms with Crippen LogP contribution in [0.2, 0.25) is 0 Å². The number of aromatic nitrogens is 3. The van der Waals surface area contributed by atoms with Crippen LogP contribution in [0.1, 0.15) is 5.69 Å². The van der Waals surface area contributed by atoms with Gasteiger partial charge in [0, 0.05) is 0 Å². The van der Waals surface area contributed by atoms with Crippen molar-refractivity contribution in [1.82, 2.24) is 9.78 Å². The molecule has 2 heterocycles. The minimum atomic E-state index is -0.111. The first-order valence-electron chi connectivity index (χ1n) is 6.06. The number of pyridine rings is 1. The van der Waals surface area contributed by atoms with Crippen LogP contribution in [0.3, 0.4) is 0 Å². The number of benzene rings is 1. The zero-order valence-electron chi connectivity index (χ0n) is 10.5. The molecular formula is C15H13N3O. The van der Waals surface area contributed by atoms with Crippen LogP contribution in [0.15, 0.2) is 65.7 Å². The number of nitrogens with zero attached hydrogens (tertiary/aromatic N) is 3. The summed E-state index contributed by atoms with van der Waals surface area (Å²) in [5, 5.41) is 4.34. The average Bonchev–Trinajstić information content (AvgIpc) is 2.76. The van der Waals surface area contributed by atoms with E-state index >= 15 is 0 Å².